The van der Waals surface area contributed by atoms with Gasteiger partial charge in [-0.25, -0.2) is 0 Å². The number of nitrogens with zero attached hydrogens (tertiary/aromatic N) is 2. The zero-order valence-electron chi connectivity index (χ0n) is 9.38. The Labute approximate surface area is 96.6 Å². The number of halogens is 1. The predicted molar refractivity (Wildman–Crippen MR) is 63.3 cm³/mol. The minimum atomic E-state index is 0.599. The molecule has 1 saturated carbocycles. The van der Waals surface area contributed by atoms with Crippen LogP contribution in [0.3, 0.4) is 0 Å². The molecule has 1 aromatic rings. The van der Waals surface area contributed by atoms with Crippen LogP contribution in [0, 0.1) is 0 Å². The van der Waals surface area contributed by atoms with Crippen molar-refractivity contribution < 1.29 is 0 Å². The summed E-state index contributed by atoms with van der Waals surface area (Å²) in [5.74, 6) is 0.599. The molecule has 1 aliphatic carbocycles. The minimum absolute atomic E-state index is 0.599. The molecule has 0 unspecified atom stereocenters. The van der Waals surface area contributed by atoms with Crippen molar-refractivity contribution in [2.24, 2.45) is 0 Å². The van der Waals surface area contributed by atoms with E-state index in [-0.39, 0.29) is 0 Å². The summed E-state index contributed by atoms with van der Waals surface area (Å²) in [7, 11) is 0. The molecular formula is C12H19ClN2. The molecule has 0 aliphatic heterocycles. The average molecular weight is 227 g/mol. The molecule has 2 nitrogen and oxygen atoms in total. The van der Waals surface area contributed by atoms with Gasteiger partial charge in [-0.2, -0.15) is 5.10 Å². The number of hydrogen-bond acceptors (Lipinski definition) is 1. The molecule has 0 spiro atoms. The second kappa shape index (κ2) is 5.02. The highest BCUT2D eigenvalue weighted by Crippen LogP contribution is 2.31. The highest BCUT2D eigenvalue weighted by Gasteiger charge is 2.21. The molecule has 1 aromatic heterocycles. The molecule has 1 heterocycles. The number of alkyl halides is 1. The van der Waals surface area contributed by atoms with Gasteiger partial charge in [0.2, 0.25) is 0 Å². The van der Waals surface area contributed by atoms with Gasteiger partial charge in [-0.15, -0.1) is 11.6 Å². The standard InChI is InChI=1S/C12H19ClN2/c1-2-5-12-10(8-13)9-14-15(12)11-6-3-4-7-11/h9,11H,2-8H2,1H3. The van der Waals surface area contributed by atoms with Crippen LogP contribution in [0.2, 0.25) is 0 Å². The summed E-state index contributed by atoms with van der Waals surface area (Å²) >= 11 is 5.93. The van der Waals surface area contributed by atoms with E-state index in [4.69, 9.17) is 11.6 Å². The molecular weight excluding hydrogens is 208 g/mol. The van der Waals surface area contributed by atoms with Crippen LogP contribution in [0.25, 0.3) is 0 Å². The molecule has 0 amide bonds. The fourth-order valence-corrected chi connectivity index (χ4v) is 2.73. The summed E-state index contributed by atoms with van der Waals surface area (Å²) in [6.07, 6.45) is 9.52. The van der Waals surface area contributed by atoms with Gasteiger partial charge in [-0.1, -0.05) is 26.2 Å². The second-order valence-electron chi connectivity index (χ2n) is 4.38. The van der Waals surface area contributed by atoms with E-state index in [0.717, 1.165) is 6.42 Å². The number of aromatic nitrogens is 2. The molecule has 84 valence electrons. The van der Waals surface area contributed by atoms with Crippen LogP contribution in [-0.2, 0) is 12.3 Å². The topological polar surface area (TPSA) is 17.8 Å². The van der Waals surface area contributed by atoms with Gasteiger partial charge in [0.25, 0.3) is 0 Å². The lowest BCUT2D eigenvalue weighted by atomic mass is 10.1. The summed E-state index contributed by atoms with van der Waals surface area (Å²) in [5.41, 5.74) is 2.60. The van der Waals surface area contributed by atoms with E-state index in [1.807, 2.05) is 6.20 Å². The van der Waals surface area contributed by atoms with Gasteiger partial charge in [-0.3, -0.25) is 4.68 Å². The Balaban J connectivity index is 2.24. The number of hydrogen-bond donors (Lipinski definition) is 0. The Morgan fingerprint density at radius 3 is 2.80 bits per heavy atom. The van der Waals surface area contributed by atoms with Gasteiger partial charge in [-0.05, 0) is 19.3 Å². The Bertz CT molecular complexity index is 313. The highest BCUT2D eigenvalue weighted by molar-refractivity contribution is 6.17. The zero-order chi connectivity index (χ0) is 10.7. The maximum atomic E-state index is 5.93. The molecule has 0 bridgehead atoms. The smallest absolute Gasteiger partial charge is 0.0536 e. The Morgan fingerprint density at radius 1 is 1.47 bits per heavy atom. The Kier molecular flexibility index (Phi) is 3.68. The maximum absolute atomic E-state index is 5.93. The largest absolute Gasteiger partial charge is 0.266 e. The van der Waals surface area contributed by atoms with Gasteiger partial charge >= 0.3 is 0 Å². The number of rotatable bonds is 4. The van der Waals surface area contributed by atoms with Crippen LogP contribution >= 0.6 is 11.6 Å². The Morgan fingerprint density at radius 2 is 2.20 bits per heavy atom. The van der Waals surface area contributed by atoms with E-state index in [1.54, 1.807) is 0 Å². The van der Waals surface area contributed by atoms with Crippen molar-refractivity contribution in [2.75, 3.05) is 0 Å². The first-order valence-electron chi connectivity index (χ1n) is 5.98. The highest BCUT2D eigenvalue weighted by atomic mass is 35.5. The molecule has 0 saturated heterocycles. The van der Waals surface area contributed by atoms with Crippen molar-refractivity contribution in [1.29, 1.82) is 0 Å². The van der Waals surface area contributed by atoms with Crippen molar-refractivity contribution in [2.45, 2.75) is 57.4 Å². The van der Waals surface area contributed by atoms with Crippen LogP contribution in [-0.4, -0.2) is 9.78 Å². The van der Waals surface area contributed by atoms with Gasteiger partial charge in [0.05, 0.1) is 18.1 Å². The Hall–Kier alpha value is -0.500. The van der Waals surface area contributed by atoms with Gasteiger partial charge in [0, 0.05) is 11.3 Å². The summed E-state index contributed by atoms with van der Waals surface area (Å²) in [4.78, 5) is 0. The van der Waals surface area contributed by atoms with E-state index < -0.39 is 0 Å². The first kappa shape index (κ1) is 11.0. The molecule has 0 atom stereocenters. The van der Waals surface area contributed by atoms with Crippen LogP contribution in [0.5, 0.6) is 0 Å². The monoisotopic (exact) mass is 226 g/mol. The van der Waals surface area contributed by atoms with E-state index in [2.05, 4.69) is 16.7 Å². The van der Waals surface area contributed by atoms with E-state index in [0.29, 0.717) is 11.9 Å². The van der Waals surface area contributed by atoms with Gasteiger partial charge < -0.3 is 0 Å². The van der Waals surface area contributed by atoms with Crippen LogP contribution < -0.4 is 0 Å². The summed E-state index contributed by atoms with van der Waals surface area (Å²) in [5, 5.41) is 4.52. The molecule has 3 heteroatoms. The molecule has 1 fully saturated rings. The molecule has 0 N–H and O–H groups in total. The lowest BCUT2D eigenvalue weighted by Gasteiger charge is -2.14. The summed E-state index contributed by atoms with van der Waals surface area (Å²) in [6, 6.07) is 0.642. The average Bonchev–Trinajstić information content (AvgIpc) is 2.85. The first-order valence-corrected chi connectivity index (χ1v) is 6.51. The summed E-state index contributed by atoms with van der Waals surface area (Å²) < 4.78 is 2.24. The van der Waals surface area contributed by atoms with Crippen molar-refractivity contribution in [3.05, 3.63) is 17.5 Å². The normalized spacial score (nSPS) is 17.5. The quantitative estimate of drug-likeness (QED) is 0.716. The molecule has 0 radical (unpaired) electrons. The van der Waals surface area contributed by atoms with Crippen LogP contribution in [0.1, 0.15) is 56.3 Å². The molecule has 0 aromatic carbocycles. The third-order valence-corrected chi connectivity index (χ3v) is 3.57. The van der Waals surface area contributed by atoms with Gasteiger partial charge in [0.1, 0.15) is 0 Å². The lowest BCUT2D eigenvalue weighted by molar-refractivity contribution is 0.448. The van der Waals surface area contributed by atoms with Crippen molar-refractivity contribution in [3.63, 3.8) is 0 Å². The van der Waals surface area contributed by atoms with Crippen molar-refractivity contribution >= 4 is 11.6 Å². The third kappa shape index (κ3) is 2.20. The second-order valence-corrected chi connectivity index (χ2v) is 4.65. The third-order valence-electron chi connectivity index (χ3n) is 3.29. The lowest BCUT2D eigenvalue weighted by Crippen LogP contribution is -2.11. The fourth-order valence-electron chi connectivity index (χ4n) is 2.51. The van der Waals surface area contributed by atoms with E-state index in [1.165, 1.54) is 43.4 Å². The van der Waals surface area contributed by atoms with Crippen molar-refractivity contribution in [3.8, 4) is 0 Å². The molecule has 15 heavy (non-hydrogen) atoms. The first-order chi connectivity index (χ1) is 7.36. The minimum Gasteiger partial charge on any atom is -0.266 e. The van der Waals surface area contributed by atoms with Crippen LogP contribution in [0.4, 0.5) is 0 Å². The van der Waals surface area contributed by atoms with Crippen LogP contribution in [0.15, 0.2) is 6.20 Å². The maximum Gasteiger partial charge on any atom is 0.0536 e. The summed E-state index contributed by atoms with van der Waals surface area (Å²) in [6.45, 7) is 2.21. The van der Waals surface area contributed by atoms with Gasteiger partial charge in [0.15, 0.2) is 0 Å². The SMILES string of the molecule is CCCc1c(CCl)cnn1C1CCCC1. The van der Waals surface area contributed by atoms with E-state index >= 15 is 0 Å². The molecule has 1 aliphatic rings. The van der Waals surface area contributed by atoms with Crippen molar-refractivity contribution in [1.82, 2.24) is 9.78 Å². The fraction of sp³-hybridized carbons (Fsp3) is 0.750. The zero-order valence-corrected chi connectivity index (χ0v) is 10.1. The predicted octanol–water partition coefficient (Wildman–Crippen LogP) is 3.69. The van der Waals surface area contributed by atoms with E-state index in [9.17, 15) is 0 Å². The molecule has 2 rings (SSSR count).